The van der Waals surface area contributed by atoms with Crippen molar-refractivity contribution in [1.29, 1.82) is 0 Å². The minimum atomic E-state index is -1.16. The van der Waals surface area contributed by atoms with Crippen molar-refractivity contribution in [3.8, 4) is 0 Å². The van der Waals surface area contributed by atoms with Crippen LogP contribution in [0.2, 0.25) is 0 Å². The predicted octanol–water partition coefficient (Wildman–Crippen LogP) is -1.80. The second-order valence-electron chi connectivity index (χ2n) is 6.42. The average molecular weight is 406 g/mol. The SMILES string of the molecule is CC(C)C(NC(=O)C(CCCCN)NC(=O)C(CS)NC(=O)CN)C(=O)O. The highest BCUT2D eigenvalue weighted by molar-refractivity contribution is 7.80. The summed E-state index contributed by atoms with van der Waals surface area (Å²) in [5, 5.41) is 16.6. The van der Waals surface area contributed by atoms with Gasteiger partial charge in [0.1, 0.15) is 18.1 Å². The molecule has 3 unspecified atom stereocenters. The maximum atomic E-state index is 12.5. The molecule has 11 heteroatoms. The van der Waals surface area contributed by atoms with Crippen molar-refractivity contribution in [1.82, 2.24) is 16.0 Å². The van der Waals surface area contributed by atoms with Crippen LogP contribution in [0.1, 0.15) is 33.1 Å². The van der Waals surface area contributed by atoms with Gasteiger partial charge in [-0.05, 0) is 31.7 Å². The van der Waals surface area contributed by atoms with Crippen LogP contribution in [0.15, 0.2) is 0 Å². The van der Waals surface area contributed by atoms with Crippen molar-refractivity contribution in [2.24, 2.45) is 17.4 Å². The highest BCUT2D eigenvalue weighted by Gasteiger charge is 2.30. The summed E-state index contributed by atoms with van der Waals surface area (Å²) in [6, 6.07) is -3.00. The van der Waals surface area contributed by atoms with Crippen molar-refractivity contribution in [2.45, 2.75) is 51.2 Å². The minimum Gasteiger partial charge on any atom is -0.480 e. The highest BCUT2D eigenvalue weighted by Crippen LogP contribution is 2.06. The number of carbonyl (C=O) groups excluding carboxylic acids is 3. The van der Waals surface area contributed by atoms with Crippen molar-refractivity contribution in [2.75, 3.05) is 18.8 Å². The average Bonchev–Trinajstić information content (AvgIpc) is 2.62. The Hall–Kier alpha value is -1.85. The van der Waals surface area contributed by atoms with Crippen LogP contribution in [0.5, 0.6) is 0 Å². The van der Waals surface area contributed by atoms with Crippen LogP contribution in [0, 0.1) is 5.92 Å². The van der Waals surface area contributed by atoms with Gasteiger partial charge in [0.15, 0.2) is 0 Å². The van der Waals surface area contributed by atoms with Gasteiger partial charge in [0, 0.05) is 5.75 Å². The highest BCUT2D eigenvalue weighted by atomic mass is 32.1. The Bertz CT molecular complexity index is 517. The molecule has 3 atom stereocenters. The van der Waals surface area contributed by atoms with Crippen molar-refractivity contribution >= 4 is 36.3 Å². The Morgan fingerprint density at radius 2 is 1.56 bits per heavy atom. The lowest BCUT2D eigenvalue weighted by molar-refractivity contribution is -0.143. The Morgan fingerprint density at radius 3 is 2.00 bits per heavy atom. The van der Waals surface area contributed by atoms with Crippen LogP contribution >= 0.6 is 12.6 Å². The molecular formula is C16H31N5O5S. The van der Waals surface area contributed by atoms with E-state index < -0.39 is 41.8 Å². The third kappa shape index (κ3) is 9.59. The number of nitrogens with one attached hydrogen (secondary N) is 3. The quantitative estimate of drug-likeness (QED) is 0.140. The van der Waals surface area contributed by atoms with Crippen LogP contribution in [0.25, 0.3) is 0 Å². The van der Waals surface area contributed by atoms with Gasteiger partial charge >= 0.3 is 5.97 Å². The molecule has 27 heavy (non-hydrogen) atoms. The number of amides is 3. The van der Waals surface area contributed by atoms with Gasteiger partial charge in [-0.25, -0.2) is 4.79 Å². The molecule has 8 N–H and O–H groups in total. The molecule has 0 rings (SSSR count). The van der Waals surface area contributed by atoms with E-state index in [2.05, 4.69) is 28.6 Å². The van der Waals surface area contributed by atoms with Gasteiger partial charge < -0.3 is 32.5 Å². The summed E-state index contributed by atoms with van der Waals surface area (Å²) in [7, 11) is 0. The molecule has 0 aliphatic heterocycles. The zero-order chi connectivity index (χ0) is 21.0. The van der Waals surface area contributed by atoms with Crippen LogP contribution < -0.4 is 27.4 Å². The third-order valence-corrected chi connectivity index (χ3v) is 4.20. The van der Waals surface area contributed by atoms with E-state index in [1.165, 1.54) is 0 Å². The van der Waals surface area contributed by atoms with E-state index in [-0.39, 0.29) is 24.6 Å². The van der Waals surface area contributed by atoms with Gasteiger partial charge in [0.2, 0.25) is 17.7 Å². The number of aliphatic carboxylic acids is 1. The largest absolute Gasteiger partial charge is 0.480 e. The number of carboxylic acids is 1. The van der Waals surface area contributed by atoms with E-state index in [9.17, 15) is 24.3 Å². The molecule has 0 aliphatic carbocycles. The molecule has 0 aromatic heterocycles. The number of hydrogen-bond donors (Lipinski definition) is 7. The first-order valence-electron chi connectivity index (χ1n) is 8.81. The van der Waals surface area contributed by atoms with E-state index in [1.54, 1.807) is 13.8 Å². The summed E-state index contributed by atoms with van der Waals surface area (Å²) in [6.45, 7) is 3.48. The fourth-order valence-corrected chi connectivity index (χ4v) is 2.51. The van der Waals surface area contributed by atoms with E-state index in [0.29, 0.717) is 19.4 Å². The zero-order valence-corrected chi connectivity index (χ0v) is 16.6. The standard InChI is InChI=1S/C16H31N5O5S/c1-9(2)13(16(25)26)21-14(23)10(5-3-4-6-17)20-15(24)11(8-27)19-12(22)7-18/h9-11,13,27H,3-8,17-18H2,1-2H3,(H,19,22)(H,20,24)(H,21,23)(H,25,26). The number of unbranched alkanes of at least 4 members (excludes halogenated alkanes) is 1. The molecule has 3 amide bonds. The normalized spacial score (nSPS) is 14.1. The number of thiol groups is 1. The monoisotopic (exact) mass is 405 g/mol. The fraction of sp³-hybridized carbons (Fsp3) is 0.750. The Balaban J connectivity index is 5.15. The Labute approximate surface area is 164 Å². The number of nitrogens with two attached hydrogens (primary N) is 2. The van der Waals surface area contributed by atoms with E-state index in [1.807, 2.05) is 0 Å². The zero-order valence-electron chi connectivity index (χ0n) is 15.7. The van der Waals surface area contributed by atoms with Crippen molar-refractivity contribution < 1.29 is 24.3 Å². The van der Waals surface area contributed by atoms with Crippen molar-refractivity contribution in [3.63, 3.8) is 0 Å². The molecule has 0 heterocycles. The lowest BCUT2D eigenvalue weighted by Gasteiger charge is -2.25. The second-order valence-corrected chi connectivity index (χ2v) is 6.79. The Morgan fingerprint density at radius 1 is 0.963 bits per heavy atom. The van der Waals surface area contributed by atoms with Gasteiger partial charge in [0.25, 0.3) is 0 Å². The van der Waals surface area contributed by atoms with E-state index in [4.69, 9.17) is 11.5 Å². The maximum absolute atomic E-state index is 12.5. The van der Waals surface area contributed by atoms with Gasteiger partial charge in [-0.2, -0.15) is 12.6 Å². The molecule has 0 fully saturated rings. The first-order valence-corrected chi connectivity index (χ1v) is 9.45. The fourth-order valence-electron chi connectivity index (χ4n) is 2.25. The van der Waals surface area contributed by atoms with Gasteiger partial charge in [0.05, 0.1) is 6.54 Å². The topological polar surface area (TPSA) is 177 Å². The summed E-state index contributed by atoms with van der Waals surface area (Å²) in [4.78, 5) is 47.6. The number of rotatable bonds is 13. The minimum absolute atomic E-state index is 0.0124. The molecule has 10 nitrogen and oxygen atoms in total. The van der Waals surface area contributed by atoms with Gasteiger partial charge in [-0.3, -0.25) is 14.4 Å². The molecule has 0 saturated carbocycles. The van der Waals surface area contributed by atoms with Crippen LogP contribution in [-0.4, -0.2) is 65.8 Å². The van der Waals surface area contributed by atoms with Crippen molar-refractivity contribution in [3.05, 3.63) is 0 Å². The first-order chi connectivity index (χ1) is 12.7. The third-order valence-electron chi connectivity index (χ3n) is 3.83. The summed E-state index contributed by atoms with van der Waals surface area (Å²) in [5.74, 6) is -3.22. The van der Waals surface area contributed by atoms with E-state index >= 15 is 0 Å². The molecule has 0 aromatic rings. The second kappa shape index (κ2) is 13.3. The summed E-state index contributed by atoms with van der Waals surface area (Å²) in [5.41, 5.74) is 10.7. The molecule has 0 aromatic carbocycles. The number of carboxylic acid groups (broad SMARTS) is 1. The van der Waals surface area contributed by atoms with Crippen LogP contribution in [0.4, 0.5) is 0 Å². The molecule has 0 aliphatic rings. The maximum Gasteiger partial charge on any atom is 0.326 e. The summed E-state index contributed by atoms with van der Waals surface area (Å²) < 4.78 is 0. The number of carbonyl (C=O) groups is 4. The molecular weight excluding hydrogens is 374 g/mol. The molecule has 0 bridgehead atoms. The smallest absolute Gasteiger partial charge is 0.326 e. The number of hydrogen-bond acceptors (Lipinski definition) is 7. The van der Waals surface area contributed by atoms with Gasteiger partial charge in [-0.1, -0.05) is 13.8 Å². The Kier molecular flexibility index (Phi) is 12.4. The predicted molar refractivity (Wildman–Crippen MR) is 104 cm³/mol. The first kappa shape index (κ1) is 25.1. The molecule has 0 saturated heterocycles. The molecule has 0 spiro atoms. The van der Waals surface area contributed by atoms with Crippen LogP contribution in [-0.2, 0) is 19.2 Å². The summed E-state index contributed by atoms with van der Waals surface area (Å²) >= 11 is 4.03. The van der Waals surface area contributed by atoms with Crippen LogP contribution in [0.3, 0.4) is 0 Å². The van der Waals surface area contributed by atoms with E-state index in [0.717, 1.165) is 0 Å². The summed E-state index contributed by atoms with van der Waals surface area (Å²) in [6.07, 6.45) is 1.49. The lowest BCUT2D eigenvalue weighted by atomic mass is 10.0. The molecule has 0 radical (unpaired) electrons. The lowest BCUT2D eigenvalue weighted by Crippen LogP contribution is -2.57. The molecule has 156 valence electrons. The van der Waals surface area contributed by atoms with Gasteiger partial charge in [-0.15, -0.1) is 0 Å².